The molecule has 0 aromatic carbocycles. The average Bonchev–Trinajstić information content (AvgIpc) is 2.91. The average molecular weight is 254 g/mol. The summed E-state index contributed by atoms with van der Waals surface area (Å²) in [6.45, 7) is 3.53. The number of carbonyl (C=O) groups is 2. The van der Waals surface area contributed by atoms with E-state index < -0.39 is 12.0 Å². The second kappa shape index (κ2) is 5.69. The lowest BCUT2D eigenvalue weighted by Gasteiger charge is -2.38. The molecular formula is C13H22N2O3. The molecule has 2 aliphatic heterocycles. The molecule has 0 aromatic heterocycles. The van der Waals surface area contributed by atoms with Gasteiger partial charge in [-0.3, -0.25) is 4.79 Å². The van der Waals surface area contributed by atoms with Crippen molar-refractivity contribution in [3.05, 3.63) is 0 Å². The highest BCUT2D eigenvalue weighted by Gasteiger charge is 2.38. The number of carboxylic acids is 1. The van der Waals surface area contributed by atoms with Crippen molar-refractivity contribution in [2.24, 2.45) is 5.92 Å². The number of rotatable bonds is 3. The highest BCUT2D eigenvalue weighted by Crippen LogP contribution is 2.26. The molecule has 2 unspecified atom stereocenters. The standard InChI is InChI=1S/C13H22N2O3/c1-2-9-5-7-15(11(8-9)13(17)18)12(16)10-4-3-6-14-10/h9-11,14H,2-8H2,1H3,(H,17,18)/t9?,10-,11?/m1/s1. The van der Waals surface area contributed by atoms with E-state index in [1.807, 2.05) is 0 Å². The third-order valence-electron chi connectivity index (χ3n) is 4.21. The van der Waals surface area contributed by atoms with E-state index in [2.05, 4.69) is 12.2 Å². The summed E-state index contributed by atoms with van der Waals surface area (Å²) in [5.41, 5.74) is 0. The zero-order valence-electron chi connectivity index (χ0n) is 10.9. The fourth-order valence-corrected chi connectivity index (χ4v) is 3.00. The lowest BCUT2D eigenvalue weighted by molar-refractivity contribution is -0.154. The monoisotopic (exact) mass is 254 g/mol. The van der Waals surface area contributed by atoms with Gasteiger partial charge in [-0.15, -0.1) is 0 Å². The first-order chi connectivity index (χ1) is 8.63. The first-order valence-electron chi connectivity index (χ1n) is 6.90. The molecule has 2 aliphatic rings. The van der Waals surface area contributed by atoms with Crippen LogP contribution in [0.25, 0.3) is 0 Å². The third-order valence-corrected chi connectivity index (χ3v) is 4.21. The molecule has 0 aliphatic carbocycles. The van der Waals surface area contributed by atoms with Gasteiger partial charge in [-0.1, -0.05) is 13.3 Å². The molecule has 2 heterocycles. The van der Waals surface area contributed by atoms with Gasteiger partial charge in [-0.05, 0) is 38.1 Å². The number of nitrogens with one attached hydrogen (secondary N) is 1. The fraction of sp³-hybridized carbons (Fsp3) is 0.846. The van der Waals surface area contributed by atoms with Gasteiger partial charge in [0.2, 0.25) is 5.91 Å². The van der Waals surface area contributed by atoms with Crippen molar-refractivity contribution in [2.75, 3.05) is 13.1 Å². The summed E-state index contributed by atoms with van der Waals surface area (Å²) in [6.07, 6.45) is 4.36. The fourth-order valence-electron chi connectivity index (χ4n) is 3.00. The Labute approximate surface area is 108 Å². The number of amides is 1. The molecule has 1 amide bonds. The van der Waals surface area contributed by atoms with Gasteiger partial charge in [0, 0.05) is 6.54 Å². The zero-order chi connectivity index (χ0) is 13.1. The number of piperidine rings is 1. The maximum absolute atomic E-state index is 12.3. The van der Waals surface area contributed by atoms with Crippen LogP contribution in [0.2, 0.25) is 0 Å². The van der Waals surface area contributed by atoms with Crippen molar-refractivity contribution in [3.63, 3.8) is 0 Å². The van der Waals surface area contributed by atoms with E-state index in [4.69, 9.17) is 0 Å². The molecular weight excluding hydrogens is 232 g/mol. The SMILES string of the molecule is CCC1CCN(C(=O)[C@H]2CCCN2)C(C(=O)O)C1. The number of hydrogen-bond donors (Lipinski definition) is 2. The van der Waals surface area contributed by atoms with Gasteiger partial charge in [-0.2, -0.15) is 0 Å². The summed E-state index contributed by atoms with van der Waals surface area (Å²) in [6, 6.07) is -0.788. The zero-order valence-corrected chi connectivity index (χ0v) is 10.9. The summed E-state index contributed by atoms with van der Waals surface area (Å²) in [7, 11) is 0. The summed E-state index contributed by atoms with van der Waals surface area (Å²) in [5.74, 6) is -0.444. The van der Waals surface area contributed by atoms with Crippen LogP contribution in [0.5, 0.6) is 0 Å². The number of likely N-dealkylation sites (tertiary alicyclic amines) is 1. The Morgan fingerprint density at radius 3 is 2.72 bits per heavy atom. The van der Waals surface area contributed by atoms with Gasteiger partial charge >= 0.3 is 5.97 Å². The minimum atomic E-state index is -0.862. The second-order valence-electron chi connectivity index (χ2n) is 5.33. The van der Waals surface area contributed by atoms with Gasteiger partial charge < -0.3 is 15.3 Å². The molecule has 0 aromatic rings. The van der Waals surface area contributed by atoms with Gasteiger partial charge in [0.25, 0.3) is 0 Å². The van der Waals surface area contributed by atoms with Crippen molar-refractivity contribution < 1.29 is 14.7 Å². The van der Waals surface area contributed by atoms with E-state index in [0.29, 0.717) is 18.9 Å². The third kappa shape index (κ3) is 2.66. The molecule has 18 heavy (non-hydrogen) atoms. The Hall–Kier alpha value is -1.10. The van der Waals surface area contributed by atoms with E-state index in [1.165, 1.54) is 0 Å². The Kier molecular flexibility index (Phi) is 4.22. The van der Waals surface area contributed by atoms with E-state index in [9.17, 15) is 14.7 Å². The van der Waals surface area contributed by atoms with Crippen LogP contribution in [-0.2, 0) is 9.59 Å². The lowest BCUT2D eigenvalue weighted by Crippen LogP contribution is -2.54. The molecule has 5 nitrogen and oxygen atoms in total. The minimum absolute atomic E-state index is 0.0190. The number of nitrogens with zero attached hydrogens (tertiary/aromatic N) is 1. The Bertz CT molecular complexity index is 326. The summed E-state index contributed by atoms with van der Waals surface area (Å²) in [4.78, 5) is 25.2. The number of carboxylic acid groups (broad SMARTS) is 1. The summed E-state index contributed by atoms with van der Waals surface area (Å²) in [5, 5.41) is 12.5. The maximum Gasteiger partial charge on any atom is 0.326 e. The number of aliphatic carboxylic acids is 1. The van der Waals surface area contributed by atoms with Crippen LogP contribution in [0.4, 0.5) is 0 Å². The molecule has 3 atom stereocenters. The first-order valence-corrected chi connectivity index (χ1v) is 6.90. The Morgan fingerprint density at radius 2 is 2.17 bits per heavy atom. The molecule has 102 valence electrons. The van der Waals surface area contributed by atoms with E-state index in [-0.39, 0.29) is 11.9 Å². The van der Waals surface area contributed by atoms with Crippen LogP contribution in [0.15, 0.2) is 0 Å². The molecule has 0 bridgehead atoms. The second-order valence-corrected chi connectivity index (χ2v) is 5.33. The van der Waals surface area contributed by atoms with Gasteiger partial charge in [0.1, 0.15) is 6.04 Å². The van der Waals surface area contributed by atoms with E-state index in [0.717, 1.165) is 32.2 Å². The molecule has 5 heteroatoms. The highest BCUT2D eigenvalue weighted by molar-refractivity contribution is 5.87. The number of carbonyl (C=O) groups excluding carboxylic acids is 1. The normalized spacial score (nSPS) is 32.5. The van der Waals surface area contributed by atoms with Crippen molar-refractivity contribution in [1.29, 1.82) is 0 Å². The Morgan fingerprint density at radius 1 is 1.39 bits per heavy atom. The molecule has 2 fully saturated rings. The van der Waals surface area contributed by atoms with Crippen molar-refractivity contribution in [3.8, 4) is 0 Å². The predicted molar refractivity (Wildman–Crippen MR) is 67.2 cm³/mol. The van der Waals surface area contributed by atoms with Crippen LogP contribution in [0.1, 0.15) is 39.0 Å². The number of hydrogen-bond acceptors (Lipinski definition) is 3. The molecule has 0 spiro atoms. The van der Waals surface area contributed by atoms with Crippen molar-refractivity contribution in [1.82, 2.24) is 10.2 Å². The molecule has 2 rings (SSSR count). The van der Waals surface area contributed by atoms with Crippen LogP contribution < -0.4 is 5.32 Å². The maximum atomic E-state index is 12.3. The minimum Gasteiger partial charge on any atom is -0.480 e. The topological polar surface area (TPSA) is 69.6 Å². The van der Waals surface area contributed by atoms with Gasteiger partial charge in [0.05, 0.1) is 6.04 Å². The van der Waals surface area contributed by atoms with E-state index in [1.54, 1.807) is 4.90 Å². The molecule has 0 radical (unpaired) electrons. The summed E-state index contributed by atoms with van der Waals surface area (Å²) >= 11 is 0. The van der Waals surface area contributed by atoms with Crippen molar-refractivity contribution >= 4 is 11.9 Å². The van der Waals surface area contributed by atoms with E-state index >= 15 is 0 Å². The summed E-state index contributed by atoms with van der Waals surface area (Å²) < 4.78 is 0. The van der Waals surface area contributed by atoms with Crippen molar-refractivity contribution in [2.45, 2.75) is 51.1 Å². The molecule has 0 saturated carbocycles. The smallest absolute Gasteiger partial charge is 0.326 e. The molecule has 2 saturated heterocycles. The predicted octanol–water partition coefficient (Wildman–Crippen LogP) is 0.840. The van der Waals surface area contributed by atoms with Gasteiger partial charge in [-0.25, -0.2) is 4.79 Å². The lowest BCUT2D eigenvalue weighted by atomic mass is 9.88. The Balaban J connectivity index is 2.05. The van der Waals surface area contributed by atoms with Crippen LogP contribution in [0.3, 0.4) is 0 Å². The largest absolute Gasteiger partial charge is 0.480 e. The van der Waals surface area contributed by atoms with Crippen LogP contribution >= 0.6 is 0 Å². The highest BCUT2D eigenvalue weighted by atomic mass is 16.4. The van der Waals surface area contributed by atoms with Gasteiger partial charge in [0.15, 0.2) is 0 Å². The first kappa shape index (κ1) is 13.3. The van der Waals surface area contributed by atoms with Crippen LogP contribution in [0, 0.1) is 5.92 Å². The molecule has 2 N–H and O–H groups in total. The van der Waals surface area contributed by atoms with Crippen LogP contribution in [-0.4, -0.2) is 47.1 Å². The quantitative estimate of drug-likeness (QED) is 0.783.